The standard InChI is InChI=1S/C22H26N2O3S/c1-16-9-11-18(12-10-16)28(26,27)24(2)22(14-4-3-8-20(22)25)19-7-5-6-17-13-15-23-21(17)19/h5-7,9-12,23H,3-4,8,13-15H2,1-2H3/t22-/m0/s1. The third-order valence-electron chi connectivity index (χ3n) is 6.16. The van der Waals surface area contributed by atoms with E-state index in [4.69, 9.17) is 0 Å². The van der Waals surface area contributed by atoms with Gasteiger partial charge in [-0.05, 0) is 43.9 Å². The van der Waals surface area contributed by atoms with Gasteiger partial charge in [-0.2, -0.15) is 4.31 Å². The number of anilines is 1. The first-order chi connectivity index (χ1) is 13.4. The van der Waals surface area contributed by atoms with Gasteiger partial charge >= 0.3 is 0 Å². The van der Waals surface area contributed by atoms with Gasteiger partial charge in [0.1, 0.15) is 5.54 Å². The van der Waals surface area contributed by atoms with Crippen molar-refractivity contribution in [3.05, 3.63) is 59.2 Å². The number of para-hydroxylation sites is 1. The summed E-state index contributed by atoms with van der Waals surface area (Å²) in [4.78, 5) is 13.6. The van der Waals surface area contributed by atoms with Crippen molar-refractivity contribution in [2.45, 2.75) is 49.5 Å². The number of carbonyl (C=O) groups is 1. The predicted octanol–water partition coefficient (Wildman–Crippen LogP) is 3.62. The summed E-state index contributed by atoms with van der Waals surface area (Å²) in [7, 11) is -2.27. The molecular weight excluding hydrogens is 372 g/mol. The van der Waals surface area contributed by atoms with Gasteiger partial charge in [0.2, 0.25) is 10.0 Å². The van der Waals surface area contributed by atoms with Crippen molar-refractivity contribution < 1.29 is 13.2 Å². The molecule has 0 bridgehead atoms. The van der Waals surface area contributed by atoms with E-state index in [9.17, 15) is 13.2 Å². The minimum absolute atomic E-state index is 0.0148. The molecule has 5 nitrogen and oxygen atoms in total. The van der Waals surface area contributed by atoms with E-state index in [1.165, 1.54) is 4.31 Å². The van der Waals surface area contributed by atoms with E-state index in [2.05, 4.69) is 5.32 Å². The average Bonchev–Trinajstić information content (AvgIpc) is 3.17. The second-order valence-corrected chi connectivity index (χ2v) is 9.76. The van der Waals surface area contributed by atoms with Crippen molar-refractivity contribution in [3.8, 4) is 0 Å². The highest BCUT2D eigenvalue weighted by Crippen LogP contribution is 2.46. The maximum atomic E-state index is 13.5. The molecule has 0 saturated heterocycles. The number of nitrogens with zero attached hydrogens (tertiary/aromatic N) is 1. The highest BCUT2D eigenvalue weighted by atomic mass is 32.2. The quantitative estimate of drug-likeness (QED) is 0.854. The van der Waals surface area contributed by atoms with Gasteiger partial charge in [0.15, 0.2) is 5.78 Å². The Balaban J connectivity index is 1.89. The smallest absolute Gasteiger partial charge is 0.244 e. The molecule has 1 aliphatic heterocycles. The molecule has 0 spiro atoms. The number of benzene rings is 2. The lowest BCUT2D eigenvalue weighted by Gasteiger charge is -2.43. The van der Waals surface area contributed by atoms with Gasteiger partial charge in [0.25, 0.3) is 0 Å². The molecule has 2 aromatic rings. The molecule has 1 aliphatic carbocycles. The zero-order chi connectivity index (χ0) is 19.9. The van der Waals surface area contributed by atoms with Gasteiger partial charge < -0.3 is 5.32 Å². The molecule has 2 aliphatic rings. The first-order valence-electron chi connectivity index (χ1n) is 9.82. The highest BCUT2D eigenvalue weighted by Gasteiger charge is 2.51. The number of sulfonamides is 1. The fraction of sp³-hybridized carbons (Fsp3) is 0.409. The van der Waals surface area contributed by atoms with E-state index in [1.54, 1.807) is 31.3 Å². The van der Waals surface area contributed by atoms with Gasteiger partial charge in [0, 0.05) is 31.3 Å². The summed E-state index contributed by atoms with van der Waals surface area (Å²) >= 11 is 0. The Morgan fingerprint density at radius 2 is 1.79 bits per heavy atom. The molecule has 148 valence electrons. The molecular formula is C22H26N2O3S. The van der Waals surface area contributed by atoms with Crippen LogP contribution in [0.4, 0.5) is 5.69 Å². The number of Topliss-reactive ketones (excluding diaryl/α,β-unsaturated/α-hetero) is 1. The second-order valence-electron chi connectivity index (χ2n) is 7.79. The van der Waals surface area contributed by atoms with Gasteiger partial charge in [-0.1, -0.05) is 42.3 Å². The normalized spacial score (nSPS) is 22.2. The molecule has 1 atom stereocenters. The Hall–Kier alpha value is -2.18. The van der Waals surface area contributed by atoms with E-state index in [0.717, 1.165) is 48.2 Å². The van der Waals surface area contributed by atoms with Crippen LogP contribution in [0, 0.1) is 6.92 Å². The van der Waals surface area contributed by atoms with Gasteiger partial charge in [-0.3, -0.25) is 4.79 Å². The minimum atomic E-state index is -3.83. The Labute approximate surface area is 166 Å². The lowest BCUT2D eigenvalue weighted by molar-refractivity contribution is -0.131. The topological polar surface area (TPSA) is 66.5 Å². The molecule has 6 heteroatoms. The minimum Gasteiger partial charge on any atom is -0.384 e. The van der Waals surface area contributed by atoms with E-state index < -0.39 is 15.6 Å². The summed E-state index contributed by atoms with van der Waals surface area (Å²) < 4.78 is 28.4. The number of hydrogen-bond acceptors (Lipinski definition) is 4. The molecule has 2 aromatic carbocycles. The largest absolute Gasteiger partial charge is 0.384 e. The van der Waals surface area contributed by atoms with Gasteiger partial charge in [-0.25, -0.2) is 8.42 Å². The summed E-state index contributed by atoms with van der Waals surface area (Å²) in [5.74, 6) is -0.0148. The van der Waals surface area contributed by atoms with Crippen molar-refractivity contribution in [1.82, 2.24) is 4.31 Å². The van der Waals surface area contributed by atoms with Crippen LogP contribution in [0.3, 0.4) is 0 Å². The summed E-state index contributed by atoms with van der Waals surface area (Å²) in [5, 5.41) is 3.39. The predicted molar refractivity (Wildman–Crippen MR) is 110 cm³/mol. The zero-order valence-electron chi connectivity index (χ0n) is 16.4. The number of rotatable bonds is 4. The molecule has 0 radical (unpaired) electrons. The number of likely N-dealkylation sites (N-methyl/N-ethyl adjacent to an activating group) is 1. The van der Waals surface area contributed by atoms with Crippen LogP contribution in [-0.4, -0.2) is 32.1 Å². The van der Waals surface area contributed by atoms with Crippen LogP contribution in [0.5, 0.6) is 0 Å². The Morgan fingerprint density at radius 3 is 2.50 bits per heavy atom. The van der Waals surface area contributed by atoms with Crippen molar-refractivity contribution in [1.29, 1.82) is 0 Å². The average molecular weight is 399 g/mol. The second kappa shape index (κ2) is 7.01. The van der Waals surface area contributed by atoms with Crippen molar-refractivity contribution in [2.75, 3.05) is 18.9 Å². The van der Waals surface area contributed by atoms with Crippen LogP contribution in [0.15, 0.2) is 47.4 Å². The summed E-state index contributed by atoms with van der Waals surface area (Å²) in [6.07, 6.45) is 3.43. The first-order valence-corrected chi connectivity index (χ1v) is 11.3. The van der Waals surface area contributed by atoms with E-state index in [0.29, 0.717) is 12.8 Å². The maximum absolute atomic E-state index is 13.5. The van der Waals surface area contributed by atoms with Crippen LogP contribution in [0.2, 0.25) is 0 Å². The number of hydrogen-bond donors (Lipinski definition) is 1. The van der Waals surface area contributed by atoms with Gasteiger partial charge in [0.05, 0.1) is 4.90 Å². The number of ketones is 1. The number of nitrogens with one attached hydrogen (secondary N) is 1. The van der Waals surface area contributed by atoms with Crippen LogP contribution >= 0.6 is 0 Å². The van der Waals surface area contributed by atoms with Crippen molar-refractivity contribution in [2.24, 2.45) is 0 Å². The summed E-state index contributed by atoms with van der Waals surface area (Å²) in [6.45, 7) is 2.73. The molecule has 0 unspecified atom stereocenters. The molecule has 28 heavy (non-hydrogen) atoms. The number of fused-ring (bicyclic) bond motifs is 1. The molecule has 4 rings (SSSR count). The number of aryl methyl sites for hydroxylation is 1. The lowest BCUT2D eigenvalue weighted by Crippen LogP contribution is -2.54. The van der Waals surface area contributed by atoms with Crippen molar-refractivity contribution >= 4 is 21.5 Å². The third kappa shape index (κ3) is 2.86. The summed E-state index contributed by atoms with van der Waals surface area (Å²) in [6, 6.07) is 12.7. The fourth-order valence-electron chi connectivity index (χ4n) is 4.56. The van der Waals surface area contributed by atoms with E-state index in [-0.39, 0.29) is 10.7 Å². The number of carbonyl (C=O) groups excluding carboxylic acids is 1. The van der Waals surface area contributed by atoms with E-state index >= 15 is 0 Å². The Bertz CT molecular complexity index is 1010. The van der Waals surface area contributed by atoms with Gasteiger partial charge in [-0.15, -0.1) is 0 Å². The van der Waals surface area contributed by atoms with Crippen LogP contribution in [0.25, 0.3) is 0 Å². The Kier molecular flexibility index (Phi) is 4.79. The zero-order valence-corrected chi connectivity index (χ0v) is 17.2. The van der Waals surface area contributed by atoms with E-state index in [1.807, 2.05) is 25.1 Å². The fourth-order valence-corrected chi connectivity index (χ4v) is 6.06. The third-order valence-corrected chi connectivity index (χ3v) is 8.06. The molecule has 1 N–H and O–H groups in total. The monoisotopic (exact) mass is 398 g/mol. The Morgan fingerprint density at radius 1 is 1.04 bits per heavy atom. The SMILES string of the molecule is Cc1ccc(S(=O)(=O)N(C)[C@]2(c3cccc4c3NCC4)CCCCC2=O)cc1. The maximum Gasteiger partial charge on any atom is 0.244 e. The molecule has 1 heterocycles. The molecule has 1 fully saturated rings. The van der Waals surface area contributed by atoms with Crippen LogP contribution in [-0.2, 0) is 26.8 Å². The first kappa shape index (κ1) is 19.2. The molecule has 0 aromatic heterocycles. The van der Waals surface area contributed by atoms with Crippen LogP contribution in [0.1, 0.15) is 42.4 Å². The van der Waals surface area contributed by atoms with Crippen molar-refractivity contribution in [3.63, 3.8) is 0 Å². The molecule has 0 amide bonds. The van der Waals surface area contributed by atoms with Crippen LogP contribution < -0.4 is 5.32 Å². The lowest BCUT2D eigenvalue weighted by atomic mass is 9.74. The highest BCUT2D eigenvalue weighted by molar-refractivity contribution is 7.89. The summed E-state index contributed by atoms with van der Waals surface area (Å²) in [5.41, 5.74) is 2.71. The molecule has 1 saturated carbocycles.